The van der Waals surface area contributed by atoms with Crippen LogP contribution in [-0.2, 0) is 26.2 Å². The van der Waals surface area contributed by atoms with Crippen LogP contribution in [0.15, 0.2) is 82.3 Å². The Morgan fingerprint density at radius 3 is 2.30 bits per heavy atom. The summed E-state index contributed by atoms with van der Waals surface area (Å²) >= 11 is 0. The number of benzene rings is 2. The zero-order valence-electron chi connectivity index (χ0n) is 17.8. The molecule has 2 amide bonds. The lowest BCUT2D eigenvalue weighted by atomic mass is 10.2. The minimum absolute atomic E-state index is 0.00119. The Kier molecular flexibility index (Phi) is 7.61. The summed E-state index contributed by atoms with van der Waals surface area (Å²) in [4.78, 5) is 26.7. The van der Waals surface area contributed by atoms with Crippen LogP contribution in [-0.4, -0.2) is 49.6 Å². The Balaban J connectivity index is 1.73. The van der Waals surface area contributed by atoms with Gasteiger partial charge in [0.05, 0.1) is 35.9 Å². The SMILES string of the molecule is CN(CC(=O)N(CC(=O)Nc1ccccc1)Cc1ccco1)S(=O)(=O)c1ccc(C#N)cc1. The minimum atomic E-state index is -3.98. The van der Waals surface area contributed by atoms with Crippen molar-refractivity contribution in [3.05, 3.63) is 84.3 Å². The highest BCUT2D eigenvalue weighted by Gasteiger charge is 2.27. The van der Waals surface area contributed by atoms with Crippen molar-refractivity contribution in [2.45, 2.75) is 11.4 Å². The number of carbonyl (C=O) groups is 2. The molecule has 0 radical (unpaired) electrons. The zero-order chi connectivity index (χ0) is 23.8. The first-order valence-electron chi connectivity index (χ1n) is 9.91. The maximum Gasteiger partial charge on any atom is 0.244 e. The van der Waals surface area contributed by atoms with E-state index >= 15 is 0 Å². The van der Waals surface area contributed by atoms with Gasteiger partial charge in [0, 0.05) is 12.7 Å². The topological polar surface area (TPSA) is 124 Å². The molecule has 0 aliphatic heterocycles. The molecule has 0 bridgehead atoms. The maximum atomic E-state index is 13.0. The van der Waals surface area contributed by atoms with Gasteiger partial charge in [-0.1, -0.05) is 18.2 Å². The molecular formula is C23H22N4O5S. The van der Waals surface area contributed by atoms with Gasteiger partial charge in [-0.3, -0.25) is 9.59 Å². The third kappa shape index (κ3) is 6.29. The summed E-state index contributed by atoms with van der Waals surface area (Å²) in [5.41, 5.74) is 0.898. The number of sulfonamides is 1. The maximum absolute atomic E-state index is 13.0. The lowest BCUT2D eigenvalue weighted by molar-refractivity contribution is -0.135. The van der Waals surface area contributed by atoms with Gasteiger partial charge >= 0.3 is 0 Å². The smallest absolute Gasteiger partial charge is 0.244 e. The number of hydrogen-bond donors (Lipinski definition) is 1. The monoisotopic (exact) mass is 466 g/mol. The van der Waals surface area contributed by atoms with Gasteiger partial charge in [0.15, 0.2) is 0 Å². The van der Waals surface area contributed by atoms with Crippen molar-refractivity contribution in [2.24, 2.45) is 0 Å². The second-order valence-electron chi connectivity index (χ2n) is 7.14. The van der Waals surface area contributed by atoms with Crippen molar-refractivity contribution >= 4 is 27.5 Å². The molecule has 3 rings (SSSR count). The molecule has 9 nitrogen and oxygen atoms in total. The quantitative estimate of drug-likeness (QED) is 0.517. The highest BCUT2D eigenvalue weighted by molar-refractivity contribution is 7.89. The highest BCUT2D eigenvalue weighted by atomic mass is 32.2. The zero-order valence-corrected chi connectivity index (χ0v) is 18.7. The van der Waals surface area contributed by atoms with Crippen molar-refractivity contribution in [3.63, 3.8) is 0 Å². The van der Waals surface area contributed by atoms with Crippen LogP contribution in [0, 0.1) is 11.3 Å². The minimum Gasteiger partial charge on any atom is -0.467 e. The molecule has 0 unspecified atom stereocenters. The van der Waals surface area contributed by atoms with E-state index in [1.54, 1.807) is 36.4 Å². The molecule has 0 atom stereocenters. The molecule has 0 saturated carbocycles. The number of nitriles is 1. The summed E-state index contributed by atoms with van der Waals surface area (Å²) in [6.07, 6.45) is 1.45. The summed E-state index contributed by atoms with van der Waals surface area (Å²) in [5, 5.41) is 11.6. The molecule has 0 spiro atoms. The molecule has 1 aromatic heterocycles. The van der Waals surface area contributed by atoms with Crippen LogP contribution >= 0.6 is 0 Å². The van der Waals surface area contributed by atoms with E-state index in [0.29, 0.717) is 17.0 Å². The lowest BCUT2D eigenvalue weighted by Crippen LogP contribution is -2.43. The van der Waals surface area contributed by atoms with E-state index < -0.39 is 28.4 Å². The van der Waals surface area contributed by atoms with Gasteiger partial charge < -0.3 is 14.6 Å². The van der Waals surface area contributed by atoms with Crippen LogP contribution in [0.4, 0.5) is 5.69 Å². The summed E-state index contributed by atoms with van der Waals surface area (Å²) in [6, 6.07) is 19.4. The molecule has 1 N–H and O–H groups in total. The number of rotatable bonds is 9. The molecule has 170 valence electrons. The molecule has 2 aromatic carbocycles. The molecule has 0 aliphatic carbocycles. The second kappa shape index (κ2) is 10.6. The molecule has 0 saturated heterocycles. The van der Waals surface area contributed by atoms with E-state index in [0.717, 1.165) is 4.31 Å². The van der Waals surface area contributed by atoms with E-state index in [1.807, 2.05) is 12.1 Å². The molecular weight excluding hydrogens is 444 g/mol. The second-order valence-corrected chi connectivity index (χ2v) is 9.19. The Bertz CT molecular complexity index is 1230. The number of para-hydroxylation sites is 1. The number of anilines is 1. The van der Waals surface area contributed by atoms with Crippen LogP contribution in [0.5, 0.6) is 0 Å². The van der Waals surface area contributed by atoms with E-state index in [2.05, 4.69) is 5.32 Å². The number of nitrogens with one attached hydrogen (secondary N) is 1. The van der Waals surface area contributed by atoms with E-state index in [-0.39, 0.29) is 18.0 Å². The fourth-order valence-electron chi connectivity index (χ4n) is 2.98. The predicted octanol–water partition coefficient (Wildman–Crippen LogP) is 2.44. The van der Waals surface area contributed by atoms with Crippen LogP contribution in [0.25, 0.3) is 0 Å². The third-order valence-corrected chi connectivity index (χ3v) is 6.54. The first kappa shape index (κ1) is 23.7. The number of furan rings is 1. The third-order valence-electron chi connectivity index (χ3n) is 4.72. The molecule has 0 fully saturated rings. The highest BCUT2D eigenvalue weighted by Crippen LogP contribution is 2.16. The average molecular weight is 467 g/mol. The summed E-state index contributed by atoms with van der Waals surface area (Å²) < 4.78 is 31.9. The van der Waals surface area contributed by atoms with Gasteiger partial charge in [-0.05, 0) is 48.5 Å². The molecule has 10 heteroatoms. The number of likely N-dealkylation sites (N-methyl/N-ethyl adjacent to an activating group) is 1. The standard InChI is InChI=1S/C23H22N4O5S/c1-26(33(30,31)21-11-9-18(14-24)10-12-21)17-23(29)27(15-20-8-5-13-32-20)16-22(28)25-19-6-3-2-4-7-19/h2-13H,15-17H2,1H3,(H,25,28). The van der Waals surface area contributed by atoms with Crippen molar-refractivity contribution in [2.75, 3.05) is 25.5 Å². The van der Waals surface area contributed by atoms with E-state index in [4.69, 9.17) is 9.68 Å². The van der Waals surface area contributed by atoms with Gasteiger partial charge in [-0.15, -0.1) is 0 Å². The average Bonchev–Trinajstić information content (AvgIpc) is 3.32. The van der Waals surface area contributed by atoms with Gasteiger partial charge in [0.2, 0.25) is 21.8 Å². The van der Waals surface area contributed by atoms with E-state index in [1.165, 1.54) is 42.5 Å². The van der Waals surface area contributed by atoms with Crippen LogP contribution in [0.2, 0.25) is 0 Å². The molecule has 0 aliphatic rings. The van der Waals surface area contributed by atoms with Crippen LogP contribution in [0.1, 0.15) is 11.3 Å². The number of amides is 2. The summed E-state index contributed by atoms with van der Waals surface area (Å²) in [6.45, 7) is -0.778. The first-order chi connectivity index (χ1) is 15.8. The Morgan fingerprint density at radius 1 is 1.00 bits per heavy atom. The van der Waals surface area contributed by atoms with Crippen LogP contribution in [0.3, 0.4) is 0 Å². The predicted molar refractivity (Wildman–Crippen MR) is 120 cm³/mol. The number of nitrogens with zero attached hydrogens (tertiary/aromatic N) is 3. The summed E-state index contributed by atoms with van der Waals surface area (Å²) in [7, 11) is -2.70. The molecule has 1 heterocycles. The Labute approximate surface area is 191 Å². The van der Waals surface area contributed by atoms with Gasteiger partial charge in [-0.2, -0.15) is 9.57 Å². The Morgan fingerprint density at radius 2 is 1.70 bits per heavy atom. The molecule has 3 aromatic rings. The first-order valence-corrected chi connectivity index (χ1v) is 11.3. The fraction of sp³-hybridized carbons (Fsp3) is 0.174. The fourth-order valence-corrected chi connectivity index (χ4v) is 4.10. The largest absolute Gasteiger partial charge is 0.467 e. The van der Waals surface area contributed by atoms with Gasteiger partial charge in [0.1, 0.15) is 12.3 Å². The van der Waals surface area contributed by atoms with Crippen molar-refractivity contribution in [1.82, 2.24) is 9.21 Å². The number of carbonyl (C=O) groups excluding carboxylic acids is 2. The Hall–Kier alpha value is -3.94. The van der Waals surface area contributed by atoms with Crippen molar-refractivity contribution in [3.8, 4) is 6.07 Å². The normalized spacial score (nSPS) is 11.1. The number of hydrogen-bond acceptors (Lipinski definition) is 6. The van der Waals surface area contributed by atoms with Crippen LogP contribution < -0.4 is 5.32 Å². The van der Waals surface area contributed by atoms with Crippen molar-refractivity contribution < 1.29 is 22.4 Å². The lowest BCUT2D eigenvalue weighted by Gasteiger charge is -2.24. The van der Waals surface area contributed by atoms with Gasteiger partial charge in [-0.25, -0.2) is 8.42 Å². The van der Waals surface area contributed by atoms with E-state index in [9.17, 15) is 18.0 Å². The molecule has 33 heavy (non-hydrogen) atoms. The summed E-state index contributed by atoms with van der Waals surface area (Å²) in [5.74, 6) is -0.554. The van der Waals surface area contributed by atoms with Gasteiger partial charge in [0.25, 0.3) is 0 Å². The van der Waals surface area contributed by atoms with Crippen molar-refractivity contribution in [1.29, 1.82) is 5.26 Å².